The number of esters is 1. The van der Waals surface area contributed by atoms with Crippen LogP contribution in [-0.4, -0.2) is 35.2 Å². The van der Waals surface area contributed by atoms with Gasteiger partial charge in [-0.2, -0.15) is 11.8 Å². The lowest BCUT2D eigenvalue weighted by atomic mass is 10.1. The van der Waals surface area contributed by atoms with Gasteiger partial charge in [-0.05, 0) is 60.3 Å². The van der Waals surface area contributed by atoms with Crippen LogP contribution in [0.3, 0.4) is 0 Å². The first kappa shape index (κ1) is 16.8. The molecule has 0 aromatic carbocycles. The van der Waals surface area contributed by atoms with Crippen molar-refractivity contribution in [1.82, 2.24) is 5.32 Å². The number of carbonyl (C=O) groups is 1. The lowest BCUT2D eigenvalue weighted by Gasteiger charge is -2.20. The summed E-state index contributed by atoms with van der Waals surface area (Å²) in [5, 5.41) is 3.42. The number of ether oxygens (including phenoxy) is 1. The molecule has 0 saturated heterocycles. The molecule has 4 heteroatoms. The van der Waals surface area contributed by atoms with E-state index in [4.69, 9.17) is 4.74 Å². The van der Waals surface area contributed by atoms with Crippen LogP contribution in [0.1, 0.15) is 48.0 Å². The Morgan fingerprint density at radius 2 is 1.76 bits per heavy atom. The van der Waals surface area contributed by atoms with E-state index in [1.807, 2.05) is 20.8 Å². The fourth-order valence-corrected chi connectivity index (χ4v) is 1.88. The van der Waals surface area contributed by atoms with Crippen LogP contribution >= 0.6 is 11.8 Å². The first-order valence-corrected chi connectivity index (χ1v) is 7.30. The third-order valence-electron chi connectivity index (χ3n) is 1.76. The van der Waals surface area contributed by atoms with E-state index in [1.165, 1.54) is 0 Å². The lowest BCUT2D eigenvalue weighted by Crippen LogP contribution is -2.36. The predicted octanol–water partition coefficient (Wildman–Crippen LogP) is 2.84. The standard InChI is InChI=1S/C13H27NO2S/c1-12(2,3)14-8-7-9-17-10-11(15)16-13(4,5)6/h14H,7-10H2,1-6H3. The molecule has 3 nitrogen and oxygen atoms in total. The quantitative estimate of drug-likeness (QED) is 0.589. The van der Waals surface area contributed by atoms with Crippen LogP contribution in [0.2, 0.25) is 0 Å². The molecule has 0 aliphatic rings. The second kappa shape index (κ2) is 7.27. The summed E-state index contributed by atoms with van der Waals surface area (Å²) in [6, 6.07) is 0. The summed E-state index contributed by atoms with van der Waals surface area (Å²) in [4.78, 5) is 11.4. The fourth-order valence-electron chi connectivity index (χ4n) is 1.16. The van der Waals surface area contributed by atoms with Crippen molar-refractivity contribution in [2.45, 2.75) is 59.1 Å². The topological polar surface area (TPSA) is 38.3 Å². The highest BCUT2D eigenvalue weighted by Gasteiger charge is 2.15. The molecule has 0 bridgehead atoms. The summed E-state index contributed by atoms with van der Waals surface area (Å²) >= 11 is 1.64. The third kappa shape index (κ3) is 13.7. The van der Waals surface area contributed by atoms with Crippen molar-refractivity contribution in [1.29, 1.82) is 0 Å². The summed E-state index contributed by atoms with van der Waals surface area (Å²) in [5.74, 6) is 1.32. The maximum atomic E-state index is 11.4. The van der Waals surface area contributed by atoms with Gasteiger partial charge in [-0.25, -0.2) is 0 Å². The second-order valence-corrected chi connectivity index (χ2v) is 7.27. The predicted molar refractivity (Wildman–Crippen MR) is 75.5 cm³/mol. The number of hydrogen-bond donors (Lipinski definition) is 1. The van der Waals surface area contributed by atoms with Gasteiger partial charge in [0.1, 0.15) is 5.60 Å². The number of rotatable bonds is 6. The Kier molecular flexibility index (Phi) is 7.17. The maximum Gasteiger partial charge on any atom is 0.316 e. The Morgan fingerprint density at radius 1 is 1.18 bits per heavy atom. The van der Waals surface area contributed by atoms with Crippen molar-refractivity contribution in [2.75, 3.05) is 18.1 Å². The minimum atomic E-state index is -0.370. The van der Waals surface area contributed by atoms with E-state index in [0.29, 0.717) is 5.75 Å². The van der Waals surface area contributed by atoms with Crippen LogP contribution in [0.5, 0.6) is 0 Å². The van der Waals surface area contributed by atoms with E-state index >= 15 is 0 Å². The number of carbonyl (C=O) groups excluding carboxylic acids is 1. The number of hydrogen-bond acceptors (Lipinski definition) is 4. The Hall–Kier alpha value is -0.220. The highest BCUT2D eigenvalue weighted by Crippen LogP contribution is 2.10. The Labute approximate surface area is 110 Å². The summed E-state index contributed by atoms with van der Waals surface area (Å²) < 4.78 is 5.22. The first-order chi connectivity index (χ1) is 7.60. The SMILES string of the molecule is CC(C)(C)NCCCSCC(=O)OC(C)(C)C. The van der Waals surface area contributed by atoms with Crippen molar-refractivity contribution < 1.29 is 9.53 Å². The smallest absolute Gasteiger partial charge is 0.316 e. The molecule has 17 heavy (non-hydrogen) atoms. The van der Waals surface area contributed by atoms with E-state index in [1.54, 1.807) is 11.8 Å². The van der Waals surface area contributed by atoms with Gasteiger partial charge in [-0.1, -0.05) is 0 Å². The van der Waals surface area contributed by atoms with E-state index in [-0.39, 0.29) is 17.1 Å². The van der Waals surface area contributed by atoms with Crippen LogP contribution in [-0.2, 0) is 9.53 Å². The lowest BCUT2D eigenvalue weighted by molar-refractivity contribution is -0.151. The van der Waals surface area contributed by atoms with Crippen molar-refractivity contribution in [3.05, 3.63) is 0 Å². The van der Waals surface area contributed by atoms with Gasteiger partial charge in [0.05, 0.1) is 5.75 Å². The summed E-state index contributed by atoms with van der Waals surface area (Å²) in [5.41, 5.74) is -0.193. The molecule has 0 rings (SSSR count). The van der Waals surface area contributed by atoms with E-state index in [2.05, 4.69) is 26.1 Å². The number of nitrogens with one attached hydrogen (secondary N) is 1. The van der Waals surface area contributed by atoms with Gasteiger partial charge < -0.3 is 10.1 Å². The Morgan fingerprint density at radius 3 is 2.24 bits per heavy atom. The first-order valence-electron chi connectivity index (χ1n) is 6.15. The Balaban J connectivity index is 3.44. The minimum Gasteiger partial charge on any atom is -0.459 e. The Bertz CT molecular complexity index is 229. The van der Waals surface area contributed by atoms with Gasteiger partial charge in [0.2, 0.25) is 0 Å². The highest BCUT2D eigenvalue weighted by atomic mass is 32.2. The van der Waals surface area contributed by atoms with Crippen LogP contribution in [0, 0.1) is 0 Å². The van der Waals surface area contributed by atoms with Crippen molar-refractivity contribution in [3.8, 4) is 0 Å². The van der Waals surface area contributed by atoms with Gasteiger partial charge in [0, 0.05) is 5.54 Å². The fraction of sp³-hybridized carbons (Fsp3) is 0.923. The number of thioether (sulfide) groups is 1. The summed E-state index contributed by atoms with van der Waals surface area (Å²) in [7, 11) is 0. The summed E-state index contributed by atoms with van der Waals surface area (Å²) in [6.45, 7) is 13.1. The van der Waals surface area contributed by atoms with Crippen LogP contribution in [0.4, 0.5) is 0 Å². The monoisotopic (exact) mass is 261 g/mol. The summed E-state index contributed by atoms with van der Waals surface area (Å²) in [6.07, 6.45) is 1.07. The van der Waals surface area contributed by atoms with Gasteiger partial charge in [-0.15, -0.1) is 0 Å². The van der Waals surface area contributed by atoms with Crippen molar-refractivity contribution in [2.24, 2.45) is 0 Å². The molecule has 0 atom stereocenters. The average molecular weight is 261 g/mol. The molecule has 102 valence electrons. The zero-order valence-electron chi connectivity index (χ0n) is 12.1. The highest BCUT2D eigenvalue weighted by molar-refractivity contribution is 7.99. The van der Waals surface area contributed by atoms with Gasteiger partial charge in [-0.3, -0.25) is 4.79 Å². The molecule has 0 fully saturated rings. The molecule has 0 aliphatic carbocycles. The van der Waals surface area contributed by atoms with Crippen molar-refractivity contribution >= 4 is 17.7 Å². The van der Waals surface area contributed by atoms with E-state index in [0.717, 1.165) is 18.7 Å². The van der Waals surface area contributed by atoms with E-state index < -0.39 is 0 Å². The van der Waals surface area contributed by atoms with E-state index in [9.17, 15) is 4.79 Å². The molecule has 1 N–H and O–H groups in total. The van der Waals surface area contributed by atoms with Gasteiger partial charge in [0.25, 0.3) is 0 Å². The molecule has 0 radical (unpaired) electrons. The third-order valence-corrected chi connectivity index (χ3v) is 2.78. The molecule has 0 spiro atoms. The van der Waals surface area contributed by atoms with Gasteiger partial charge in [0.15, 0.2) is 0 Å². The molecule has 0 aliphatic heterocycles. The zero-order chi connectivity index (χ0) is 13.5. The van der Waals surface area contributed by atoms with Crippen LogP contribution < -0.4 is 5.32 Å². The second-order valence-electron chi connectivity index (χ2n) is 6.17. The average Bonchev–Trinajstić information content (AvgIpc) is 2.06. The molecular formula is C13H27NO2S. The zero-order valence-corrected chi connectivity index (χ0v) is 12.9. The molecule has 0 unspecified atom stereocenters. The molecule has 0 amide bonds. The van der Waals surface area contributed by atoms with Crippen LogP contribution in [0.15, 0.2) is 0 Å². The molecule has 0 aromatic rings. The minimum absolute atomic E-state index is 0.119. The molecule has 0 saturated carbocycles. The molecular weight excluding hydrogens is 234 g/mol. The largest absolute Gasteiger partial charge is 0.459 e. The molecule has 0 aromatic heterocycles. The van der Waals surface area contributed by atoms with Gasteiger partial charge >= 0.3 is 5.97 Å². The van der Waals surface area contributed by atoms with Crippen molar-refractivity contribution in [3.63, 3.8) is 0 Å². The maximum absolute atomic E-state index is 11.4. The van der Waals surface area contributed by atoms with Crippen LogP contribution in [0.25, 0.3) is 0 Å². The molecule has 0 heterocycles. The normalized spacial score (nSPS) is 12.6.